The van der Waals surface area contributed by atoms with Crippen molar-refractivity contribution < 1.29 is 13.5 Å². The summed E-state index contributed by atoms with van der Waals surface area (Å²) in [4.78, 5) is 14.3. The Hall–Kier alpha value is -3.26. The molecule has 34 heavy (non-hydrogen) atoms. The molecule has 4 heterocycles. The summed E-state index contributed by atoms with van der Waals surface area (Å²) in [6.45, 7) is 4.37. The number of nitrogens with zero attached hydrogens (tertiary/aromatic N) is 5. The lowest BCUT2D eigenvalue weighted by molar-refractivity contribution is 0.00462. The maximum Gasteiger partial charge on any atom is 0.135 e. The summed E-state index contributed by atoms with van der Waals surface area (Å²) in [5.74, 6) is -1.18. The molecule has 2 atom stereocenters. The Kier molecular flexibility index (Phi) is 5.13. The number of fused-ring (bicyclic) bond motifs is 1. The summed E-state index contributed by atoms with van der Waals surface area (Å²) in [5.41, 5.74) is 5.27. The molecule has 6 rings (SSSR count). The average molecular weight is 462 g/mol. The van der Waals surface area contributed by atoms with E-state index in [4.69, 9.17) is 14.7 Å². The van der Waals surface area contributed by atoms with Crippen LogP contribution in [0.5, 0.6) is 0 Å². The van der Waals surface area contributed by atoms with Gasteiger partial charge in [-0.15, -0.1) is 0 Å². The van der Waals surface area contributed by atoms with Gasteiger partial charge in [-0.05, 0) is 57.7 Å². The first kappa shape index (κ1) is 21.3. The van der Waals surface area contributed by atoms with Crippen molar-refractivity contribution in [2.45, 2.75) is 57.6 Å². The molecule has 2 aliphatic rings. The Morgan fingerprint density at radius 2 is 1.82 bits per heavy atom. The lowest BCUT2D eigenvalue weighted by Crippen LogP contribution is -2.19. The topological polar surface area (TPSA) is 65.7 Å². The monoisotopic (exact) mass is 461 g/mol. The molecule has 1 aliphatic carbocycles. The number of rotatable bonds is 4. The first-order valence-corrected chi connectivity index (χ1v) is 11.7. The van der Waals surface area contributed by atoms with Crippen LogP contribution in [0, 0.1) is 25.5 Å². The van der Waals surface area contributed by atoms with Crippen LogP contribution in [0.15, 0.2) is 36.7 Å². The highest BCUT2D eigenvalue weighted by molar-refractivity contribution is 5.89. The van der Waals surface area contributed by atoms with E-state index < -0.39 is 11.6 Å². The fourth-order valence-corrected chi connectivity index (χ4v) is 4.68. The van der Waals surface area contributed by atoms with Gasteiger partial charge in [0.05, 0.1) is 35.2 Å². The number of hydrogen-bond donors (Lipinski definition) is 0. The largest absolute Gasteiger partial charge is 0.373 e. The molecule has 0 radical (unpaired) electrons. The zero-order valence-electron chi connectivity index (χ0n) is 19.1. The summed E-state index contributed by atoms with van der Waals surface area (Å²) in [6.07, 6.45) is 7.83. The summed E-state index contributed by atoms with van der Waals surface area (Å²) in [7, 11) is 0. The highest BCUT2D eigenvalue weighted by atomic mass is 19.1. The van der Waals surface area contributed by atoms with Gasteiger partial charge in [0.2, 0.25) is 0 Å². The van der Waals surface area contributed by atoms with Crippen LogP contribution < -0.4 is 0 Å². The van der Waals surface area contributed by atoms with Crippen LogP contribution in [0.2, 0.25) is 0 Å². The molecule has 1 saturated heterocycles. The van der Waals surface area contributed by atoms with Gasteiger partial charge in [0.25, 0.3) is 0 Å². The number of hydrogen-bond acceptors (Lipinski definition) is 5. The SMILES string of the molecule is Cc1nc2cc([C@@H]3CCO[C@H](c4cnn(C5CC5)c4)C3)nc(-c3ccc(F)cc3F)c2nc1C. The Bertz CT molecular complexity index is 1400. The molecule has 0 unspecified atom stereocenters. The van der Waals surface area contributed by atoms with Crippen molar-refractivity contribution in [3.63, 3.8) is 0 Å². The van der Waals surface area contributed by atoms with E-state index in [9.17, 15) is 8.78 Å². The predicted octanol–water partition coefficient (Wildman–Crippen LogP) is 5.75. The summed E-state index contributed by atoms with van der Waals surface area (Å²) >= 11 is 0. The summed E-state index contributed by atoms with van der Waals surface area (Å²) in [5, 5.41) is 4.51. The van der Waals surface area contributed by atoms with Crippen molar-refractivity contribution >= 4 is 11.0 Å². The molecular weight excluding hydrogens is 436 g/mol. The van der Waals surface area contributed by atoms with Gasteiger partial charge in [-0.3, -0.25) is 4.68 Å². The van der Waals surface area contributed by atoms with Crippen molar-refractivity contribution in [3.05, 3.63) is 70.9 Å². The van der Waals surface area contributed by atoms with Crippen LogP contribution in [-0.2, 0) is 4.74 Å². The third kappa shape index (κ3) is 3.86. The molecule has 4 aromatic rings. The van der Waals surface area contributed by atoms with Gasteiger partial charge >= 0.3 is 0 Å². The minimum absolute atomic E-state index is 0.0689. The minimum atomic E-state index is -0.664. The number of pyridine rings is 1. The molecule has 174 valence electrons. The van der Waals surface area contributed by atoms with Crippen LogP contribution >= 0.6 is 0 Å². The number of aryl methyl sites for hydroxylation is 2. The van der Waals surface area contributed by atoms with Crippen LogP contribution in [-0.4, -0.2) is 31.3 Å². The first-order valence-electron chi connectivity index (χ1n) is 11.7. The van der Waals surface area contributed by atoms with Gasteiger partial charge < -0.3 is 4.74 Å². The second kappa shape index (κ2) is 8.20. The van der Waals surface area contributed by atoms with Crippen LogP contribution in [0.25, 0.3) is 22.3 Å². The normalized spacial score (nSPS) is 20.7. The lowest BCUT2D eigenvalue weighted by atomic mass is 9.89. The average Bonchev–Trinajstić information content (AvgIpc) is 3.56. The van der Waals surface area contributed by atoms with Crippen LogP contribution in [0.3, 0.4) is 0 Å². The van der Waals surface area contributed by atoms with Gasteiger partial charge in [0, 0.05) is 41.6 Å². The van der Waals surface area contributed by atoms with Crippen molar-refractivity contribution in [2.75, 3.05) is 6.61 Å². The molecular formula is C26H25F2N5O. The third-order valence-corrected chi connectivity index (χ3v) is 6.89. The van der Waals surface area contributed by atoms with E-state index in [0.717, 1.165) is 41.6 Å². The van der Waals surface area contributed by atoms with E-state index in [1.165, 1.54) is 25.0 Å². The van der Waals surface area contributed by atoms with Crippen molar-refractivity contribution in [1.82, 2.24) is 24.7 Å². The fourth-order valence-electron chi connectivity index (χ4n) is 4.68. The van der Waals surface area contributed by atoms with Gasteiger partial charge in [-0.25, -0.2) is 23.7 Å². The summed E-state index contributed by atoms with van der Waals surface area (Å²) < 4.78 is 36.6. The summed E-state index contributed by atoms with van der Waals surface area (Å²) in [6, 6.07) is 6.03. The Morgan fingerprint density at radius 1 is 1.00 bits per heavy atom. The number of aromatic nitrogens is 5. The van der Waals surface area contributed by atoms with E-state index in [0.29, 0.717) is 29.4 Å². The third-order valence-electron chi connectivity index (χ3n) is 6.89. The smallest absolute Gasteiger partial charge is 0.135 e. The molecule has 6 nitrogen and oxygen atoms in total. The molecule has 1 aromatic carbocycles. The fraction of sp³-hybridized carbons (Fsp3) is 0.385. The van der Waals surface area contributed by atoms with E-state index in [1.807, 2.05) is 30.8 Å². The molecule has 0 N–H and O–H groups in total. The number of halogens is 2. The van der Waals surface area contributed by atoms with Gasteiger partial charge in [0.1, 0.15) is 22.8 Å². The zero-order valence-corrected chi connectivity index (χ0v) is 19.1. The van der Waals surface area contributed by atoms with E-state index in [2.05, 4.69) is 16.3 Å². The van der Waals surface area contributed by atoms with Gasteiger partial charge in [-0.1, -0.05) is 0 Å². The maximum atomic E-state index is 14.8. The molecule has 1 saturated carbocycles. The first-order chi connectivity index (χ1) is 16.5. The highest BCUT2D eigenvalue weighted by Gasteiger charge is 2.30. The Morgan fingerprint density at radius 3 is 2.62 bits per heavy atom. The molecule has 2 fully saturated rings. The molecule has 3 aromatic heterocycles. The minimum Gasteiger partial charge on any atom is -0.373 e. The Balaban J connectivity index is 1.41. The lowest BCUT2D eigenvalue weighted by Gasteiger charge is -2.29. The second-order valence-corrected chi connectivity index (χ2v) is 9.35. The van der Waals surface area contributed by atoms with Crippen molar-refractivity contribution in [2.24, 2.45) is 0 Å². The van der Waals surface area contributed by atoms with Crippen LogP contribution in [0.1, 0.15) is 66.4 Å². The van der Waals surface area contributed by atoms with Gasteiger partial charge in [-0.2, -0.15) is 5.10 Å². The molecule has 0 bridgehead atoms. The van der Waals surface area contributed by atoms with Crippen molar-refractivity contribution in [1.29, 1.82) is 0 Å². The number of ether oxygens (including phenoxy) is 1. The second-order valence-electron chi connectivity index (χ2n) is 9.35. The van der Waals surface area contributed by atoms with E-state index >= 15 is 0 Å². The predicted molar refractivity (Wildman–Crippen MR) is 123 cm³/mol. The van der Waals surface area contributed by atoms with E-state index in [1.54, 1.807) is 0 Å². The zero-order chi connectivity index (χ0) is 23.4. The van der Waals surface area contributed by atoms with Crippen LogP contribution in [0.4, 0.5) is 8.78 Å². The molecule has 1 aliphatic heterocycles. The van der Waals surface area contributed by atoms with Crippen molar-refractivity contribution in [3.8, 4) is 11.3 Å². The molecule has 8 heteroatoms. The number of benzene rings is 1. The Labute approximate surface area is 196 Å². The van der Waals surface area contributed by atoms with E-state index in [-0.39, 0.29) is 17.6 Å². The maximum absolute atomic E-state index is 14.8. The quantitative estimate of drug-likeness (QED) is 0.387. The standard InChI is InChI=1S/C26H25F2N5O/c1-14-15(2)31-26-23(30-14)11-22(32-25(26)20-6-3-18(27)10-21(20)28)16-7-8-34-24(9-16)17-12-29-33(13-17)19-4-5-19/h3,6,10-13,16,19,24H,4-5,7-9H2,1-2H3/t16-,24+/m1/s1. The molecule has 0 spiro atoms. The highest BCUT2D eigenvalue weighted by Crippen LogP contribution is 2.40. The molecule has 0 amide bonds. The van der Waals surface area contributed by atoms with Gasteiger partial charge in [0.15, 0.2) is 0 Å².